The number of carbonyl (C=O) groups is 2. The van der Waals surface area contributed by atoms with Crippen LogP contribution >= 0.6 is 7.82 Å². The molecule has 0 fully saturated rings. The molecule has 0 amide bonds. The van der Waals surface area contributed by atoms with Crippen molar-refractivity contribution >= 4 is 19.8 Å². The fraction of sp³-hybridized carbons (Fsp3) is 0.854. The summed E-state index contributed by atoms with van der Waals surface area (Å²) in [6.07, 6.45) is 35.7. The van der Waals surface area contributed by atoms with Crippen LogP contribution in [0.2, 0.25) is 0 Å². The molecule has 0 aromatic heterocycles. The third kappa shape index (κ3) is 36.8. The van der Waals surface area contributed by atoms with Crippen molar-refractivity contribution in [3.8, 4) is 0 Å². The van der Waals surface area contributed by atoms with E-state index in [9.17, 15) is 24.2 Å². The fourth-order valence-corrected chi connectivity index (χ4v) is 6.36. The molecule has 0 rings (SSSR count). The van der Waals surface area contributed by atoms with E-state index in [2.05, 4.69) is 42.7 Å². The van der Waals surface area contributed by atoms with Gasteiger partial charge in [-0.15, -0.1) is 0 Å². The molecule has 0 saturated heterocycles. The van der Waals surface area contributed by atoms with E-state index in [0.717, 1.165) is 64.2 Å². The third-order valence-corrected chi connectivity index (χ3v) is 9.78. The lowest BCUT2D eigenvalue weighted by Gasteiger charge is -2.20. The number of rotatable bonds is 39. The molecule has 52 heavy (non-hydrogen) atoms. The maximum atomic E-state index is 12.6. The second kappa shape index (κ2) is 37.8. The van der Waals surface area contributed by atoms with Crippen LogP contribution in [0.3, 0.4) is 0 Å². The van der Waals surface area contributed by atoms with E-state index in [1.807, 2.05) is 0 Å². The highest BCUT2D eigenvalue weighted by Gasteiger charge is 2.27. The largest absolute Gasteiger partial charge is 0.472 e. The van der Waals surface area contributed by atoms with Crippen molar-refractivity contribution in [2.75, 3.05) is 26.4 Å². The maximum absolute atomic E-state index is 12.6. The molecule has 0 aliphatic rings. The number of phosphoric ester groups is 1. The van der Waals surface area contributed by atoms with Crippen LogP contribution in [0.5, 0.6) is 0 Å². The lowest BCUT2D eigenvalue weighted by molar-refractivity contribution is -0.161. The van der Waals surface area contributed by atoms with E-state index in [1.165, 1.54) is 83.5 Å². The molecule has 0 radical (unpaired) electrons. The molecule has 0 bridgehead atoms. The monoisotopic (exact) mass is 761 g/mol. The highest BCUT2D eigenvalue weighted by atomic mass is 31.2. The molecular weight excluding hydrogens is 683 g/mol. The Morgan fingerprint density at radius 3 is 1.42 bits per heavy atom. The Morgan fingerprint density at radius 1 is 0.558 bits per heavy atom. The summed E-state index contributed by atoms with van der Waals surface area (Å²) in [7, 11) is -4.61. The first-order chi connectivity index (χ1) is 25.2. The van der Waals surface area contributed by atoms with Gasteiger partial charge in [0.15, 0.2) is 6.10 Å². The van der Waals surface area contributed by atoms with Gasteiger partial charge in [-0.1, -0.05) is 134 Å². The number of carbonyl (C=O) groups excluding carboxylic acids is 2. The first-order valence-electron chi connectivity index (χ1n) is 20.8. The number of unbranched alkanes of at least 4 members (excludes halogenated alkanes) is 21. The molecule has 0 heterocycles. The highest BCUT2D eigenvalue weighted by Crippen LogP contribution is 2.43. The van der Waals surface area contributed by atoms with Crippen LogP contribution in [-0.4, -0.2) is 65.7 Å². The minimum atomic E-state index is -4.61. The van der Waals surface area contributed by atoms with Gasteiger partial charge < -0.3 is 24.6 Å². The summed E-state index contributed by atoms with van der Waals surface area (Å²) in [6.45, 7) is 2.34. The normalized spacial score (nSPS) is 14.2. The molecule has 1 unspecified atom stereocenters. The number of hydrogen-bond donors (Lipinski definition) is 3. The molecule has 0 aliphatic carbocycles. The van der Waals surface area contributed by atoms with Crippen LogP contribution < -0.4 is 0 Å². The molecule has 0 aliphatic heterocycles. The van der Waals surface area contributed by atoms with Crippen molar-refractivity contribution in [3.05, 3.63) is 24.3 Å². The van der Waals surface area contributed by atoms with Gasteiger partial charge in [-0.3, -0.25) is 18.6 Å². The van der Waals surface area contributed by atoms with Crippen molar-refractivity contribution in [3.63, 3.8) is 0 Å². The SMILES string of the molecule is CCCCC/C=C/CCCCCCCC(=O)OC[C@H](COP(=O)(O)OC[C@@H](O)CO)OC(=O)CCCCCCCCC/C=C/CCCCCCCC. The zero-order valence-corrected chi connectivity index (χ0v) is 33.9. The van der Waals surface area contributed by atoms with E-state index >= 15 is 0 Å². The topological polar surface area (TPSA) is 149 Å². The van der Waals surface area contributed by atoms with E-state index in [1.54, 1.807) is 0 Å². The number of allylic oxidation sites excluding steroid dienone is 4. The summed E-state index contributed by atoms with van der Waals surface area (Å²) in [5.41, 5.74) is 0. The number of hydrogen-bond acceptors (Lipinski definition) is 9. The van der Waals surface area contributed by atoms with Crippen LogP contribution in [0.1, 0.15) is 187 Å². The lowest BCUT2D eigenvalue weighted by atomic mass is 10.1. The summed E-state index contributed by atoms with van der Waals surface area (Å²) >= 11 is 0. The van der Waals surface area contributed by atoms with E-state index in [4.69, 9.17) is 19.1 Å². The van der Waals surface area contributed by atoms with Crippen LogP contribution in [-0.2, 0) is 32.7 Å². The van der Waals surface area contributed by atoms with Gasteiger partial charge in [-0.2, -0.15) is 0 Å². The number of aliphatic hydroxyl groups excluding tert-OH is 2. The quantitative estimate of drug-likeness (QED) is 0.0239. The second-order valence-corrected chi connectivity index (χ2v) is 15.5. The van der Waals surface area contributed by atoms with Gasteiger partial charge >= 0.3 is 19.8 Å². The summed E-state index contributed by atoms with van der Waals surface area (Å²) in [5, 5.41) is 18.3. The number of aliphatic hydroxyl groups is 2. The Hall–Kier alpha value is -1.55. The maximum Gasteiger partial charge on any atom is 0.472 e. The average Bonchev–Trinajstić information content (AvgIpc) is 3.13. The van der Waals surface area contributed by atoms with Gasteiger partial charge in [-0.25, -0.2) is 4.57 Å². The zero-order valence-electron chi connectivity index (χ0n) is 33.0. The Balaban J connectivity index is 4.31. The molecule has 10 nitrogen and oxygen atoms in total. The summed E-state index contributed by atoms with van der Waals surface area (Å²) in [6, 6.07) is 0. The van der Waals surface area contributed by atoms with Crippen molar-refractivity contribution in [2.24, 2.45) is 0 Å². The molecule has 3 atom stereocenters. The van der Waals surface area contributed by atoms with Gasteiger partial charge in [0.1, 0.15) is 12.7 Å². The van der Waals surface area contributed by atoms with E-state index in [-0.39, 0.29) is 19.4 Å². The summed E-state index contributed by atoms with van der Waals surface area (Å²) < 4.78 is 32.6. The second-order valence-electron chi connectivity index (χ2n) is 14.0. The van der Waals surface area contributed by atoms with Gasteiger partial charge in [0.05, 0.1) is 19.8 Å². The summed E-state index contributed by atoms with van der Waals surface area (Å²) in [4.78, 5) is 34.9. The van der Waals surface area contributed by atoms with E-state index in [0.29, 0.717) is 12.8 Å². The molecule has 3 N–H and O–H groups in total. The van der Waals surface area contributed by atoms with Crippen LogP contribution in [0.15, 0.2) is 24.3 Å². The highest BCUT2D eigenvalue weighted by molar-refractivity contribution is 7.47. The van der Waals surface area contributed by atoms with Crippen LogP contribution in [0.25, 0.3) is 0 Å². The predicted molar refractivity (Wildman–Crippen MR) is 210 cm³/mol. The first-order valence-corrected chi connectivity index (χ1v) is 22.3. The van der Waals surface area contributed by atoms with Crippen LogP contribution in [0, 0.1) is 0 Å². The Kier molecular flexibility index (Phi) is 36.6. The van der Waals surface area contributed by atoms with Crippen LogP contribution in [0.4, 0.5) is 0 Å². The summed E-state index contributed by atoms with van der Waals surface area (Å²) in [5.74, 6) is -0.938. The molecule has 11 heteroatoms. The van der Waals surface area contributed by atoms with Gasteiger partial charge in [0.25, 0.3) is 0 Å². The lowest BCUT2D eigenvalue weighted by Crippen LogP contribution is -2.29. The molecule has 306 valence electrons. The first kappa shape index (κ1) is 50.5. The zero-order chi connectivity index (χ0) is 38.4. The molecule has 0 aromatic rings. The third-order valence-electron chi connectivity index (χ3n) is 8.83. The molecule has 0 aromatic carbocycles. The standard InChI is InChI=1S/C41H77O10P/c1-3-5-7-9-11-13-15-17-18-19-20-21-23-25-27-29-31-33-41(45)51-39(37-50-52(46,47)49-35-38(43)34-42)36-48-40(44)32-30-28-26-24-22-16-14-12-10-8-6-4-2/h12,14,17-18,38-39,42-43H,3-11,13,15-16,19-37H2,1-2H3,(H,46,47)/b14-12+,18-17+/t38-,39+/m0/s1. The van der Waals surface area contributed by atoms with Gasteiger partial charge in [0, 0.05) is 12.8 Å². The van der Waals surface area contributed by atoms with E-state index < -0.39 is 51.8 Å². The van der Waals surface area contributed by atoms with Crippen molar-refractivity contribution < 1.29 is 47.8 Å². The minimum Gasteiger partial charge on any atom is -0.462 e. The van der Waals surface area contributed by atoms with Crippen molar-refractivity contribution in [2.45, 2.75) is 199 Å². The number of esters is 2. The molecule has 0 saturated carbocycles. The predicted octanol–water partition coefficient (Wildman–Crippen LogP) is 10.6. The van der Waals surface area contributed by atoms with Gasteiger partial charge in [0.2, 0.25) is 0 Å². The van der Waals surface area contributed by atoms with Crippen molar-refractivity contribution in [1.29, 1.82) is 0 Å². The van der Waals surface area contributed by atoms with Gasteiger partial charge in [-0.05, 0) is 64.2 Å². The smallest absolute Gasteiger partial charge is 0.462 e. The minimum absolute atomic E-state index is 0.179. The number of phosphoric acid groups is 1. The Labute approximate surface area is 317 Å². The molecular formula is C41H77O10P. The Morgan fingerprint density at radius 2 is 0.942 bits per heavy atom. The number of ether oxygens (including phenoxy) is 2. The fourth-order valence-electron chi connectivity index (χ4n) is 5.57. The average molecular weight is 761 g/mol. The van der Waals surface area contributed by atoms with Crippen molar-refractivity contribution in [1.82, 2.24) is 0 Å². The Bertz CT molecular complexity index is 925. The molecule has 0 spiro atoms.